The van der Waals surface area contributed by atoms with Gasteiger partial charge >= 0.3 is 12.3 Å². The Labute approximate surface area is 143 Å². The van der Waals surface area contributed by atoms with Crippen LogP contribution in [0.5, 0.6) is 5.75 Å². The molecule has 1 aliphatic rings. The lowest BCUT2D eigenvalue weighted by molar-refractivity contribution is -0.148. The van der Waals surface area contributed by atoms with Crippen LogP contribution >= 0.6 is 0 Å². The van der Waals surface area contributed by atoms with Crippen LogP contribution in [0.15, 0.2) is 36.5 Å². The van der Waals surface area contributed by atoms with Crippen molar-refractivity contribution in [1.82, 2.24) is 9.88 Å². The number of nitrogens with zero attached hydrogens (tertiary/aromatic N) is 2. The Morgan fingerprint density at radius 2 is 1.84 bits per heavy atom. The highest BCUT2D eigenvalue weighted by Gasteiger charge is 2.41. The van der Waals surface area contributed by atoms with Gasteiger partial charge in [0.15, 0.2) is 6.61 Å². The summed E-state index contributed by atoms with van der Waals surface area (Å²) in [5.74, 6) is -4.08. The van der Waals surface area contributed by atoms with Crippen molar-refractivity contribution < 1.29 is 22.3 Å². The molecule has 0 spiro atoms. The van der Waals surface area contributed by atoms with E-state index in [1.807, 2.05) is 12.1 Å². The third-order valence-electron chi connectivity index (χ3n) is 4.15. The molecular formula is C18H18F4N2O. The molecule has 1 aromatic heterocycles. The van der Waals surface area contributed by atoms with Crippen molar-refractivity contribution in [2.24, 2.45) is 0 Å². The molecule has 0 saturated carbocycles. The number of fused-ring (bicyclic) bond motifs is 1. The van der Waals surface area contributed by atoms with E-state index in [1.54, 1.807) is 13.0 Å². The third kappa shape index (κ3) is 4.10. The first-order valence-corrected chi connectivity index (χ1v) is 7.88. The van der Waals surface area contributed by atoms with Crippen LogP contribution in [0.1, 0.15) is 22.4 Å². The van der Waals surface area contributed by atoms with Gasteiger partial charge in [0.25, 0.3) is 0 Å². The van der Waals surface area contributed by atoms with Crippen LogP contribution < -0.4 is 4.74 Å². The van der Waals surface area contributed by atoms with Crippen molar-refractivity contribution in [2.45, 2.75) is 38.9 Å². The fourth-order valence-electron chi connectivity index (χ4n) is 2.82. The zero-order valence-corrected chi connectivity index (χ0v) is 13.7. The largest absolute Gasteiger partial charge is 0.485 e. The molecule has 1 aliphatic heterocycles. The van der Waals surface area contributed by atoms with Gasteiger partial charge in [0, 0.05) is 19.6 Å². The number of benzene rings is 1. The fraction of sp³-hybridized carbons (Fsp3) is 0.389. The minimum atomic E-state index is -4.17. The van der Waals surface area contributed by atoms with E-state index in [2.05, 4.69) is 22.0 Å². The summed E-state index contributed by atoms with van der Waals surface area (Å²) in [6.07, 6.45) is -2.44. The van der Waals surface area contributed by atoms with Crippen LogP contribution in [-0.2, 0) is 19.6 Å². The molecule has 2 heterocycles. The number of ether oxygens (including phenoxy) is 1. The van der Waals surface area contributed by atoms with Gasteiger partial charge in [-0.3, -0.25) is 9.88 Å². The number of alkyl halides is 4. The molecule has 0 radical (unpaired) electrons. The Balaban J connectivity index is 1.61. The molecule has 134 valence electrons. The number of halogens is 4. The maximum atomic E-state index is 12.9. The molecule has 0 unspecified atom stereocenters. The zero-order chi connectivity index (χ0) is 18.0. The average Bonchev–Trinajstić information content (AvgIpc) is 2.96. The second kappa shape index (κ2) is 7.00. The van der Waals surface area contributed by atoms with Gasteiger partial charge in [-0.25, -0.2) is 8.78 Å². The van der Waals surface area contributed by atoms with E-state index in [0.717, 1.165) is 18.8 Å². The summed E-state index contributed by atoms with van der Waals surface area (Å²) in [6.45, 7) is 2.59. The number of pyridine rings is 1. The molecular weight excluding hydrogens is 336 g/mol. The summed E-state index contributed by atoms with van der Waals surface area (Å²) in [6, 6.07) is 9.93. The predicted octanol–water partition coefficient (Wildman–Crippen LogP) is 4.19. The van der Waals surface area contributed by atoms with Crippen molar-refractivity contribution in [3.8, 4) is 5.75 Å². The molecule has 2 aromatic rings. The first kappa shape index (κ1) is 17.7. The Morgan fingerprint density at radius 1 is 1.20 bits per heavy atom. The first-order chi connectivity index (χ1) is 11.8. The molecule has 0 amide bonds. The van der Waals surface area contributed by atoms with Gasteiger partial charge in [-0.15, -0.1) is 0 Å². The molecule has 0 bridgehead atoms. The van der Waals surface area contributed by atoms with E-state index >= 15 is 0 Å². The Morgan fingerprint density at radius 3 is 2.40 bits per heavy atom. The second-order valence-corrected chi connectivity index (χ2v) is 6.21. The Kier molecular flexibility index (Phi) is 4.94. The normalized spacial score (nSPS) is 14.8. The van der Waals surface area contributed by atoms with Crippen molar-refractivity contribution >= 4 is 0 Å². The van der Waals surface area contributed by atoms with Crippen molar-refractivity contribution in [1.29, 1.82) is 0 Å². The SMILES string of the molecule is Cc1cc(CN2Cc3ccccc3C2)ncc1OCC(F)(F)C(F)F. The van der Waals surface area contributed by atoms with Crippen molar-refractivity contribution in [2.75, 3.05) is 6.61 Å². The van der Waals surface area contributed by atoms with E-state index < -0.39 is 19.0 Å². The summed E-state index contributed by atoms with van der Waals surface area (Å²) in [5.41, 5.74) is 3.94. The maximum Gasteiger partial charge on any atom is 0.340 e. The molecule has 0 saturated heterocycles. The zero-order valence-electron chi connectivity index (χ0n) is 13.7. The Hall–Kier alpha value is -2.15. The average molecular weight is 354 g/mol. The lowest BCUT2D eigenvalue weighted by Crippen LogP contribution is -2.33. The summed E-state index contributed by atoms with van der Waals surface area (Å²) in [5, 5.41) is 0. The topological polar surface area (TPSA) is 25.4 Å². The van der Waals surface area contributed by atoms with E-state index in [1.165, 1.54) is 17.3 Å². The molecule has 0 aliphatic carbocycles. The van der Waals surface area contributed by atoms with E-state index in [0.29, 0.717) is 12.1 Å². The third-order valence-corrected chi connectivity index (χ3v) is 4.15. The van der Waals surface area contributed by atoms with Crippen LogP contribution in [0, 0.1) is 6.92 Å². The van der Waals surface area contributed by atoms with E-state index in [9.17, 15) is 17.6 Å². The van der Waals surface area contributed by atoms with Crippen molar-refractivity contribution in [3.63, 3.8) is 0 Å². The summed E-state index contributed by atoms with van der Waals surface area (Å²) in [4.78, 5) is 6.43. The van der Waals surface area contributed by atoms with Gasteiger partial charge in [0.1, 0.15) is 5.75 Å². The maximum absolute atomic E-state index is 12.9. The fourth-order valence-corrected chi connectivity index (χ4v) is 2.82. The van der Waals surface area contributed by atoms with Gasteiger partial charge in [-0.1, -0.05) is 24.3 Å². The first-order valence-electron chi connectivity index (χ1n) is 7.88. The van der Waals surface area contributed by atoms with Gasteiger partial charge in [0.05, 0.1) is 11.9 Å². The number of aromatic nitrogens is 1. The molecule has 3 nitrogen and oxygen atoms in total. The highest BCUT2D eigenvalue weighted by atomic mass is 19.3. The number of hydrogen-bond acceptors (Lipinski definition) is 3. The lowest BCUT2D eigenvalue weighted by Gasteiger charge is -2.18. The van der Waals surface area contributed by atoms with Crippen LogP contribution in [0.3, 0.4) is 0 Å². The molecule has 0 atom stereocenters. The smallest absolute Gasteiger partial charge is 0.340 e. The van der Waals surface area contributed by atoms with Crippen LogP contribution in [-0.4, -0.2) is 28.8 Å². The molecule has 7 heteroatoms. The van der Waals surface area contributed by atoms with E-state index in [4.69, 9.17) is 4.74 Å². The van der Waals surface area contributed by atoms with Crippen LogP contribution in [0.25, 0.3) is 0 Å². The monoisotopic (exact) mass is 354 g/mol. The van der Waals surface area contributed by atoms with Gasteiger partial charge in [-0.2, -0.15) is 8.78 Å². The van der Waals surface area contributed by atoms with Crippen LogP contribution in [0.4, 0.5) is 17.6 Å². The summed E-state index contributed by atoms with van der Waals surface area (Å²) in [7, 11) is 0. The Bertz CT molecular complexity index is 727. The molecule has 25 heavy (non-hydrogen) atoms. The molecule has 3 rings (SSSR count). The standard InChI is InChI=1S/C18H18F4N2O/c1-12-6-15(10-24-8-13-4-2-3-5-14(13)9-24)23-7-16(12)25-11-18(21,22)17(19)20/h2-7,17H,8-11H2,1H3. The lowest BCUT2D eigenvalue weighted by atomic mass is 10.1. The van der Waals surface area contributed by atoms with Gasteiger partial charge in [-0.05, 0) is 29.7 Å². The molecule has 0 N–H and O–H groups in total. The predicted molar refractivity (Wildman–Crippen MR) is 84.8 cm³/mol. The quantitative estimate of drug-likeness (QED) is 0.728. The second-order valence-electron chi connectivity index (χ2n) is 6.21. The van der Waals surface area contributed by atoms with Crippen LogP contribution in [0.2, 0.25) is 0 Å². The van der Waals surface area contributed by atoms with Crippen molar-refractivity contribution in [3.05, 3.63) is 58.9 Å². The molecule has 1 aromatic carbocycles. The highest BCUT2D eigenvalue weighted by molar-refractivity contribution is 5.33. The minimum absolute atomic E-state index is 0.0915. The molecule has 0 fully saturated rings. The number of hydrogen-bond donors (Lipinski definition) is 0. The van der Waals surface area contributed by atoms with E-state index in [-0.39, 0.29) is 5.75 Å². The summed E-state index contributed by atoms with van der Waals surface area (Å²) >= 11 is 0. The van der Waals surface area contributed by atoms with Gasteiger partial charge in [0.2, 0.25) is 0 Å². The number of rotatable bonds is 6. The minimum Gasteiger partial charge on any atom is -0.485 e. The van der Waals surface area contributed by atoms with Gasteiger partial charge < -0.3 is 4.74 Å². The summed E-state index contributed by atoms with van der Waals surface area (Å²) < 4.78 is 55.1. The number of aryl methyl sites for hydroxylation is 1. The highest BCUT2D eigenvalue weighted by Crippen LogP contribution is 2.27.